The Morgan fingerprint density at radius 3 is 2.93 bits per heavy atom. The Morgan fingerprint density at radius 2 is 2.07 bits per heavy atom. The van der Waals surface area contributed by atoms with E-state index in [1.165, 1.54) is 0 Å². The predicted octanol–water partition coefficient (Wildman–Crippen LogP) is 3.17. The second kappa shape index (κ2) is 7.16. The normalized spacial score (nSPS) is 31.2. The zero-order valence-corrected chi connectivity index (χ0v) is 15.5. The summed E-state index contributed by atoms with van der Waals surface area (Å²) in [7, 11) is 0. The number of ether oxygens (including phenoxy) is 2. The van der Waals surface area contributed by atoms with E-state index in [9.17, 15) is 13.6 Å². The van der Waals surface area contributed by atoms with Crippen LogP contribution in [0, 0.1) is 11.7 Å². The predicted molar refractivity (Wildman–Crippen MR) is 98.3 cm³/mol. The highest BCUT2D eigenvalue weighted by Crippen LogP contribution is 2.40. The van der Waals surface area contributed by atoms with E-state index < -0.39 is 30.1 Å². The third-order valence-corrected chi connectivity index (χ3v) is 5.85. The van der Waals surface area contributed by atoms with Gasteiger partial charge in [-0.1, -0.05) is 0 Å². The van der Waals surface area contributed by atoms with Crippen molar-refractivity contribution >= 4 is 17.6 Å². The van der Waals surface area contributed by atoms with Crippen molar-refractivity contribution in [3.63, 3.8) is 0 Å². The summed E-state index contributed by atoms with van der Waals surface area (Å²) in [4.78, 5) is 16.3. The first-order valence-electron chi connectivity index (χ1n) is 9.76. The summed E-state index contributed by atoms with van der Waals surface area (Å²) in [6.07, 6.45) is 0.472. The molecule has 4 heterocycles. The first-order valence-corrected chi connectivity index (χ1v) is 9.76. The molecule has 8 bridgehead atoms. The fourth-order valence-electron chi connectivity index (χ4n) is 4.23. The number of halogens is 2. The molecule has 2 aromatic rings. The second-order valence-electron chi connectivity index (χ2n) is 7.93. The number of nitrogens with one attached hydrogen (secondary N) is 3. The van der Waals surface area contributed by atoms with Gasteiger partial charge >= 0.3 is 6.09 Å². The maximum Gasteiger partial charge on any atom is 0.407 e. The van der Waals surface area contributed by atoms with Crippen LogP contribution in [0.4, 0.5) is 25.1 Å². The number of hydrogen-bond acceptors (Lipinski definition) is 6. The van der Waals surface area contributed by atoms with E-state index in [1.54, 1.807) is 18.3 Å². The maximum atomic E-state index is 14.9. The van der Waals surface area contributed by atoms with Crippen molar-refractivity contribution in [2.75, 3.05) is 11.9 Å². The molecule has 1 unspecified atom stereocenters. The third kappa shape index (κ3) is 3.58. The highest BCUT2D eigenvalue weighted by atomic mass is 19.1. The van der Waals surface area contributed by atoms with E-state index in [2.05, 4.69) is 25.8 Å². The number of nitrogens with zero attached hydrogens (tertiary/aromatic N) is 2. The van der Waals surface area contributed by atoms with Crippen LogP contribution >= 0.6 is 0 Å². The van der Waals surface area contributed by atoms with Gasteiger partial charge in [-0.2, -0.15) is 5.10 Å². The van der Waals surface area contributed by atoms with Crippen LogP contribution in [-0.2, 0) is 4.74 Å². The second-order valence-corrected chi connectivity index (χ2v) is 7.93. The monoisotopic (exact) mass is 405 g/mol. The smallest absolute Gasteiger partial charge is 0.407 e. The molecule has 4 aliphatic rings. The first kappa shape index (κ1) is 18.1. The van der Waals surface area contributed by atoms with Crippen molar-refractivity contribution in [2.45, 2.75) is 49.9 Å². The zero-order chi connectivity index (χ0) is 20.0. The van der Waals surface area contributed by atoms with Gasteiger partial charge in [-0.15, -0.1) is 0 Å². The Balaban J connectivity index is 1.42. The van der Waals surface area contributed by atoms with Crippen molar-refractivity contribution in [3.8, 4) is 5.88 Å². The Morgan fingerprint density at radius 1 is 1.21 bits per heavy atom. The van der Waals surface area contributed by atoms with Crippen LogP contribution in [0.5, 0.6) is 5.88 Å². The summed E-state index contributed by atoms with van der Waals surface area (Å²) in [5.41, 5.74) is 0.790. The number of fused-ring (bicyclic) bond motifs is 3. The summed E-state index contributed by atoms with van der Waals surface area (Å²) in [5, 5.41) is 12.3. The van der Waals surface area contributed by atoms with Crippen LogP contribution in [0.3, 0.4) is 0 Å². The molecule has 0 spiro atoms. The van der Waals surface area contributed by atoms with Gasteiger partial charge in [-0.25, -0.2) is 18.6 Å². The number of carbonyl (C=O) groups excluding carboxylic acids is 1. The minimum atomic E-state index is -1.35. The van der Waals surface area contributed by atoms with Gasteiger partial charge in [0.15, 0.2) is 11.6 Å². The van der Waals surface area contributed by atoms with Crippen molar-refractivity contribution in [3.05, 3.63) is 29.8 Å². The fraction of sp³-hybridized carbons (Fsp3) is 0.526. The molecule has 1 amide bonds. The van der Waals surface area contributed by atoms with E-state index in [0.717, 1.165) is 12.8 Å². The minimum Gasteiger partial charge on any atom is -0.477 e. The number of aromatic nitrogens is 3. The minimum absolute atomic E-state index is 0.0117. The lowest BCUT2D eigenvalue weighted by Crippen LogP contribution is -2.47. The molecule has 2 fully saturated rings. The Hall–Kier alpha value is -2.91. The number of anilines is 2. The average Bonchev–Trinajstić information content (AvgIpc) is 3.19. The van der Waals surface area contributed by atoms with Crippen LogP contribution < -0.4 is 15.4 Å². The van der Waals surface area contributed by atoms with Crippen LogP contribution in [0.2, 0.25) is 0 Å². The van der Waals surface area contributed by atoms with E-state index in [0.29, 0.717) is 18.2 Å². The molecule has 3 N–H and O–H groups in total. The maximum absolute atomic E-state index is 14.9. The summed E-state index contributed by atoms with van der Waals surface area (Å²) in [6, 6.07) is 3.34. The van der Waals surface area contributed by atoms with Gasteiger partial charge in [0.1, 0.15) is 12.3 Å². The van der Waals surface area contributed by atoms with E-state index in [-0.39, 0.29) is 36.3 Å². The molecule has 8 nitrogen and oxygen atoms in total. The summed E-state index contributed by atoms with van der Waals surface area (Å²) >= 11 is 0. The first-order chi connectivity index (χ1) is 14.0. The fourth-order valence-corrected chi connectivity index (χ4v) is 4.23. The average molecular weight is 405 g/mol. The molecule has 2 aliphatic carbocycles. The van der Waals surface area contributed by atoms with Gasteiger partial charge in [-0.3, -0.25) is 5.10 Å². The number of rotatable bonds is 0. The molecule has 6 rings (SSSR count). The molecular formula is C19H21F2N5O3. The lowest BCUT2D eigenvalue weighted by atomic mass is 9.81. The lowest BCUT2D eigenvalue weighted by Gasteiger charge is -2.35. The Kier molecular flexibility index (Phi) is 4.48. The lowest BCUT2D eigenvalue weighted by molar-refractivity contribution is 0.0508. The highest BCUT2D eigenvalue weighted by molar-refractivity contribution is 5.68. The van der Waals surface area contributed by atoms with Crippen molar-refractivity contribution in [1.82, 2.24) is 20.5 Å². The molecule has 2 saturated carbocycles. The van der Waals surface area contributed by atoms with E-state index >= 15 is 0 Å². The number of carbonyl (C=O) groups is 1. The molecule has 0 radical (unpaired) electrons. The number of alkyl carbamates (subject to hydrolysis) is 1. The van der Waals surface area contributed by atoms with Gasteiger partial charge in [-0.05, 0) is 37.7 Å². The molecule has 3 atom stereocenters. The number of alkyl halides is 1. The molecule has 2 aromatic heterocycles. The van der Waals surface area contributed by atoms with E-state index in [4.69, 9.17) is 9.47 Å². The zero-order valence-electron chi connectivity index (χ0n) is 15.5. The molecule has 154 valence electrons. The largest absolute Gasteiger partial charge is 0.477 e. The van der Waals surface area contributed by atoms with Gasteiger partial charge in [0.2, 0.25) is 5.88 Å². The summed E-state index contributed by atoms with van der Waals surface area (Å²) in [6.45, 7) is 0.460. The van der Waals surface area contributed by atoms with Gasteiger partial charge in [0, 0.05) is 29.9 Å². The Labute approximate surface area is 165 Å². The van der Waals surface area contributed by atoms with Gasteiger partial charge in [0.05, 0.1) is 12.3 Å². The molecular weight excluding hydrogens is 384 g/mol. The number of pyridine rings is 1. The molecule has 10 heteroatoms. The molecule has 29 heavy (non-hydrogen) atoms. The topological polar surface area (TPSA) is 101 Å². The van der Waals surface area contributed by atoms with E-state index in [1.807, 2.05) is 0 Å². The van der Waals surface area contributed by atoms with Crippen molar-refractivity contribution in [2.24, 2.45) is 5.92 Å². The molecule has 0 saturated heterocycles. The number of H-pyrrole nitrogens is 1. The molecule has 2 aliphatic heterocycles. The third-order valence-electron chi connectivity index (χ3n) is 5.85. The summed E-state index contributed by atoms with van der Waals surface area (Å²) < 4.78 is 40.3. The highest BCUT2D eigenvalue weighted by Gasteiger charge is 2.41. The van der Waals surface area contributed by atoms with Crippen LogP contribution in [0.1, 0.15) is 37.3 Å². The van der Waals surface area contributed by atoms with Gasteiger partial charge < -0.3 is 20.1 Å². The van der Waals surface area contributed by atoms with Crippen molar-refractivity contribution < 1.29 is 23.0 Å². The van der Waals surface area contributed by atoms with Crippen LogP contribution in [0.25, 0.3) is 0 Å². The van der Waals surface area contributed by atoms with Gasteiger partial charge in [0.25, 0.3) is 0 Å². The number of hydrogen-bond donors (Lipinski definition) is 3. The Bertz CT molecular complexity index is 917. The van der Waals surface area contributed by atoms with Crippen LogP contribution in [-0.4, -0.2) is 46.2 Å². The SMILES string of the molecule is O=C1NC2CC(COc3cc(ccn3)Nc3n[nH]c(c3F)C3C[C@H](F)[C@@H](C3)O1)C2. The number of aromatic amines is 1. The molecule has 0 aromatic carbocycles. The van der Waals surface area contributed by atoms with Crippen LogP contribution in [0.15, 0.2) is 18.3 Å². The summed E-state index contributed by atoms with van der Waals surface area (Å²) in [5.74, 6) is -0.309. The van der Waals surface area contributed by atoms with Crippen molar-refractivity contribution in [1.29, 1.82) is 0 Å². The quantitative estimate of drug-likeness (QED) is 0.622. The number of amides is 1. The standard InChI is InChI=1S/C19H21F2N5O3/c20-13-5-10-6-14(13)29-19(27)24-12-3-9(4-12)8-28-15-7-11(1-2-22-15)23-18-16(21)17(10)25-26-18/h1-2,7,9-10,12-14H,3-6,8H2,(H,24,27)(H2,23,25,26)/t9?,10?,12?,13-,14+/m0/s1.